The predicted octanol–water partition coefficient (Wildman–Crippen LogP) is 3.54. The van der Waals surface area contributed by atoms with Gasteiger partial charge in [-0.3, -0.25) is 9.59 Å². The minimum absolute atomic E-state index is 0.0749. The van der Waals surface area contributed by atoms with Gasteiger partial charge in [-0.1, -0.05) is 32.0 Å². The van der Waals surface area contributed by atoms with Crippen LogP contribution in [0.25, 0.3) is 0 Å². The number of hydrogen-bond acceptors (Lipinski definition) is 11. The molecular weight excluding hydrogens is 572 g/mol. The van der Waals surface area contributed by atoms with E-state index in [1.54, 1.807) is 44.2 Å². The molecule has 1 aromatic carbocycles. The van der Waals surface area contributed by atoms with Crippen molar-refractivity contribution in [1.82, 2.24) is 0 Å². The second-order valence-corrected chi connectivity index (χ2v) is 13.3. The third-order valence-corrected chi connectivity index (χ3v) is 10.7. The van der Waals surface area contributed by atoms with Crippen molar-refractivity contribution in [3.8, 4) is 0 Å². The Bertz CT molecular complexity index is 1350. The van der Waals surface area contributed by atoms with Gasteiger partial charge in [-0.25, -0.2) is 9.59 Å². The summed E-state index contributed by atoms with van der Waals surface area (Å²) in [6.45, 7) is 8.25. The average molecular weight is 615 g/mol. The van der Waals surface area contributed by atoms with E-state index in [0.29, 0.717) is 24.0 Å². The number of aliphatic hydroxyl groups excluding tert-OH is 2. The maximum absolute atomic E-state index is 15.1. The average Bonchev–Trinajstić information content (AvgIpc) is 2.97. The summed E-state index contributed by atoms with van der Waals surface area (Å²) in [5, 5.41) is 23.0. The van der Waals surface area contributed by atoms with Crippen LogP contribution in [-0.4, -0.2) is 83.9 Å². The third-order valence-electron chi connectivity index (χ3n) is 10.7. The van der Waals surface area contributed by atoms with E-state index < -0.39 is 76.7 Å². The Balaban J connectivity index is 1.74. The number of Topliss-reactive ketones (excluding diaryl/α,β-unsaturated/α-hetero) is 1. The maximum atomic E-state index is 15.1. The number of fused-ring (bicyclic) bond motifs is 5. The fourth-order valence-electron chi connectivity index (χ4n) is 8.26. The molecule has 44 heavy (non-hydrogen) atoms. The molecule has 0 aromatic heterocycles. The van der Waals surface area contributed by atoms with E-state index in [-0.39, 0.29) is 30.9 Å². The summed E-state index contributed by atoms with van der Waals surface area (Å²) in [4.78, 5) is 53.9. The molecule has 3 fully saturated rings. The normalized spacial score (nSPS) is 37.8. The molecule has 0 amide bonds. The number of esters is 2. The zero-order chi connectivity index (χ0) is 32.2. The van der Waals surface area contributed by atoms with Crippen molar-refractivity contribution < 1.29 is 53.1 Å². The summed E-state index contributed by atoms with van der Waals surface area (Å²) in [7, 11) is 1.16. The van der Waals surface area contributed by atoms with Crippen molar-refractivity contribution in [2.45, 2.75) is 96.4 Å². The quantitative estimate of drug-likeness (QED) is 0.291. The van der Waals surface area contributed by atoms with E-state index in [1.807, 2.05) is 13.8 Å². The zero-order valence-electron chi connectivity index (χ0n) is 26.0. The lowest BCUT2D eigenvalue weighted by atomic mass is 9.49. The van der Waals surface area contributed by atoms with Gasteiger partial charge in [0.05, 0.1) is 42.8 Å². The summed E-state index contributed by atoms with van der Waals surface area (Å²) in [5.74, 6) is -3.31. The number of carbonyl (C=O) groups is 4. The second-order valence-electron chi connectivity index (χ2n) is 13.3. The van der Waals surface area contributed by atoms with Crippen LogP contribution < -0.4 is 0 Å². The topological polar surface area (TPSA) is 155 Å². The Morgan fingerprint density at radius 3 is 2.27 bits per heavy atom. The molecule has 2 bridgehead atoms. The summed E-state index contributed by atoms with van der Waals surface area (Å²) < 4.78 is 28.6. The van der Waals surface area contributed by atoms with E-state index in [2.05, 4.69) is 0 Å². The minimum atomic E-state index is -1.77. The highest BCUT2D eigenvalue weighted by Crippen LogP contribution is 2.60. The molecule has 4 aliphatic rings. The van der Waals surface area contributed by atoms with Gasteiger partial charge < -0.3 is 33.9 Å². The van der Waals surface area contributed by atoms with Crippen LogP contribution in [0.15, 0.2) is 41.5 Å². The molecule has 9 atom stereocenters. The molecule has 2 unspecified atom stereocenters. The molecule has 1 aromatic rings. The molecular formula is C33H42O11. The summed E-state index contributed by atoms with van der Waals surface area (Å²) in [6.07, 6.45) is -5.61. The van der Waals surface area contributed by atoms with E-state index in [4.69, 9.17) is 23.7 Å². The van der Waals surface area contributed by atoms with E-state index in [0.717, 1.165) is 7.11 Å². The molecule has 0 spiro atoms. The second kappa shape index (κ2) is 11.6. The van der Waals surface area contributed by atoms with Gasteiger partial charge in [-0.2, -0.15) is 0 Å². The molecule has 5 rings (SSSR count). The highest BCUT2D eigenvalue weighted by atomic mass is 16.8. The molecule has 1 aliphatic heterocycles. The van der Waals surface area contributed by atoms with Crippen molar-refractivity contribution in [3.63, 3.8) is 0 Å². The van der Waals surface area contributed by atoms with Crippen molar-refractivity contribution in [3.05, 3.63) is 47.0 Å². The van der Waals surface area contributed by atoms with E-state index >= 15 is 4.79 Å². The van der Waals surface area contributed by atoms with Crippen molar-refractivity contribution in [1.29, 1.82) is 0 Å². The molecule has 3 aliphatic carbocycles. The standard InChI is InChI=1S/C33H42O11/c1-17-21(35)14-20-12-13-22(43-29(38)19-10-8-7-9-11-19)27-32(5,28(37)26(42-18(2)34)25(17)31(20,3)4)23(36)15-24-33(27,16-41-24)44-30(39)40-6/h7-11,20-24,26-27,35-36H,12-16H2,1-6H3/t20-,21-,22+,23?,24+,26+,27?,32+,33-/m0/s1. The van der Waals surface area contributed by atoms with Crippen LogP contribution >= 0.6 is 0 Å². The highest BCUT2D eigenvalue weighted by molar-refractivity contribution is 5.95. The van der Waals surface area contributed by atoms with Crippen LogP contribution in [0, 0.1) is 22.7 Å². The van der Waals surface area contributed by atoms with Gasteiger partial charge in [0, 0.05) is 13.3 Å². The molecule has 11 heteroatoms. The smallest absolute Gasteiger partial charge is 0.458 e. The summed E-state index contributed by atoms with van der Waals surface area (Å²) in [5.41, 5.74) is -2.67. The number of methoxy groups -OCH3 is 1. The Hall–Kier alpha value is -3.28. The van der Waals surface area contributed by atoms with E-state index in [9.17, 15) is 24.6 Å². The van der Waals surface area contributed by atoms with Crippen LogP contribution in [0.4, 0.5) is 4.79 Å². The van der Waals surface area contributed by atoms with Crippen LogP contribution in [0.1, 0.15) is 70.7 Å². The Kier molecular flexibility index (Phi) is 8.45. The first-order chi connectivity index (χ1) is 20.7. The third kappa shape index (κ3) is 5.02. The fourth-order valence-corrected chi connectivity index (χ4v) is 8.26. The first kappa shape index (κ1) is 32.1. The summed E-state index contributed by atoms with van der Waals surface area (Å²) >= 11 is 0. The SMILES string of the molecule is COC(=O)O[C@@]12CO[C@@H]1CC(O)[C@@]1(C)C(=O)[C@H](OC(C)=O)C3=C(C)[C@@H](O)C[C@H](CC[C@@H](OC(=O)c4ccccc4)C12)C3(C)C. The molecule has 1 saturated heterocycles. The van der Waals surface area contributed by atoms with Gasteiger partial charge in [0.25, 0.3) is 0 Å². The Morgan fingerprint density at radius 1 is 1.00 bits per heavy atom. The van der Waals surface area contributed by atoms with Crippen molar-refractivity contribution in [2.75, 3.05) is 13.7 Å². The van der Waals surface area contributed by atoms with Gasteiger partial charge >= 0.3 is 18.1 Å². The van der Waals surface area contributed by atoms with Crippen molar-refractivity contribution >= 4 is 23.9 Å². The number of rotatable bonds is 4. The highest BCUT2D eigenvalue weighted by Gasteiger charge is 2.73. The van der Waals surface area contributed by atoms with Crippen LogP contribution in [0.3, 0.4) is 0 Å². The van der Waals surface area contributed by atoms with E-state index in [1.165, 1.54) is 6.92 Å². The zero-order valence-corrected chi connectivity index (χ0v) is 26.0. The van der Waals surface area contributed by atoms with Gasteiger partial charge in [0.15, 0.2) is 17.5 Å². The number of carbonyl (C=O) groups excluding carboxylic acids is 4. The molecule has 2 saturated carbocycles. The van der Waals surface area contributed by atoms with Gasteiger partial charge in [0.2, 0.25) is 0 Å². The Labute approximate surface area is 256 Å². The molecule has 11 nitrogen and oxygen atoms in total. The lowest BCUT2D eigenvalue weighted by Gasteiger charge is -2.63. The van der Waals surface area contributed by atoms with Crippen LogP contribution in [-0.2, 0) is 33.3 Å². The van der Waals surface area contributed by atoms with Gasteiger partial charge in [-0.05, 0) is 67.7 Å². The summed E-state index contributed by atoms with van der Waals surface area (Å²) in [6, 6.07) is 8.38. The fraction of sp³-hybridized carbons (Fsp3) is 0.636. The van der Waals surface area contributed by atoms with Crippen molar-refractivity contribution in [2.24, 2.45) is 22.7 Å². The number of hydrogen-bond donors (Lipinski definition) is 2. The van der Waals surface area contributed by atoms with Crippen LogP contribution in [0.2, 0.25) is 0 Å². The number of benzene rings is 1. The molecule has 2 N–H and O–H groups in total. The minimum Gasteiger partial charge on any atom is -0.458 e. The largest absolute Gasteiger partial charge is 0.508 e. The maximum Gasteiger partial charge on any atom is 0.508 e. The Morgan fingerprint density at radius 2 is 1.68 bits per heavy atom. The lowest BCUT2D eigenvalue weighted by molar-refractivity contribution is -0.327. The van der Waals surface area contributed by atoms with Gasteiger partial charge in [-0.15, -0.1) is 0 Å². The first-order valence-corrected chi connectivity index (χ1v) is 15.1. The van der Waals surface area contributed by atoms with Gasteiger partial charge in [0.1, 0.15) is 12.2 Å². The lowest BCUT2D eigenvalue weighted by Crippen LogP contribution is -2.78. The number of aliphatic hydroxyl groups is 2. The molecule has 0 radical (unpaired) electrons. The number of ether oxygens (including phenoxy) is 5. The molecule has 240 valence electrons. The monoisotopic (exact) mass is 614 g/mol. The number of ketones is 1. The molecule has 1 heterocycles. The van der Waals surface area contributed by atoms with Crippen LogP contribution in [0.5, 0.6) is 0 Å². The predicted molar refractivity (Wildman–Crippen MR) is 154 cm³/mol. The first-order valence-electron chi connectivity index (χ1n) is 15.1.